The van der Waals surface area contributed by atoms with Gasteiger partial charge in [0.15, 0.2) is 0 Å². The quantitative estimate of drug-likeness (QED) is 0.680. The number of nitrogens with two attached hydrogens (primary N) is 1. The van der Waals surface area contributed by atoms with Crippen molar-refractivity contribution >= 4 is 10.0 Å². The van der Waals surface area contributed by atoms with Gasteiger partial charge in [0.25, 0.3) is 0 Å². The fourth-order valence-electron chi connectivity index (χ4n) is 1.97. The van der Waals surface area contributed by atoms with Gasteiger partial charge in [-0.25, -0.2) is 13.1 Å². The summed E-state index contributed by atoms with van der Waals surface area (Å²) in [6, 6.07) is 7.30. The minimum atomic E-state index is -3.36. The third-order valence-corrected chi connectivity index (χ3v) is 4.38. The molecule has 2 aromatic rings. The number of hydrogen-bond donors (Lipinski definition) is 2. The van der Waals surface area contributed by atoms with Gasteiger partial charge in [0.05, 0.1) is 11.9 Å². The molecule has 0 amide bonds. The van der Waals surface area contributed by atoms with Gasteiger partial charge in [-0.15, -0.1) is 5.10 Å². The van der Waals surface area contributed by atoms with Gasteiger partial charge < -0.3 is 5.73 Å². The van der Waals surface area contributed by atoms with Crippen LogP contribution in [-0.4, -0.2) is 30.0 Å². The monoisotopic (exact) mass is 309 g/mol. The van der Waals surface area contributed by atoms with Crippen LogP contribution in [0.15, 0.2) is 36.7 Å². The molecular weight excluding hydrogens is 290 g/mol. The van der Waals surface area contributed by atoms with Crippen LogP contribution in [0.25, 0.3) is 0 Å². The van der Waals surface area contributed by atoms with Gasteiger partial charge in [-0.05, 0) is 17.5 Å². The number of benzene rings is 1. The maximum atomic E-state index is 12.0. The van der Waals surface area contributed by atoms with Crippen LogP contribution in [0.3, 0.4) is 0 Å². The van der Waals surface area contributed by atoms with E-state index in [-0.39, 0.29) is 5.75 Å². The maximum absolute atomic E-state index is 12.0. The highest BCUT2D eigenvalue weighted by Crippen LogP contribution is 2.11. The van der Waals surface area contributed by atoms with Crippen LogP contribution >= 0.6 is 0 Å². The predicted octanol–water partition coefficient (Wildman–Crippen LogP) is 0.246. The number of aryl methyl sites for hydroxylation is 1. The molecule has 8 heteroatoms. The summed E-state index contributed by atoms with van der Waals surface area (Å²) in [5.41, 5.74) is 7.21. The van der Waals surface area contributed by atoms with E-state index in [1.807, 2.05) is 18.2 Å². The zero-order chi connectivity index (χ0) is 15.1. The SMILES string of the molecule is NCc1ccccc1CS(=O)(=O)NCCCn1ccnn1. The van der Waals surface area contributed by atoms with E-state index in [4.69, 9.17) is 5.73 Å². The van der Waals surface area contributed by atoms with E-state index in [2.05, 4.69) is 15.0 Å². The smallest absolute Gasteiger partial charge is 0.215 e. The molecule has 1 heterocycles. The molecule has 114 valence electrons. The molecule has 0 saturated heterocycles. The van der Waals surface area contributed by atoms with Crippen LogP contribution < -0.4 is 10.5 Å². The third kappa shape index (κ3) is 4.92. The lowest BCUT2D eigenvalue weighted by atomic mass is 10.1. The summed E-state index contributed by atoms with van der Waals surface area (Å²) >= 11 is 0. The Morgan fingerprint density at radius 3 is 2.67 bits per heavy atom. The van der Waals surface area contributed by atoms with Crippen LogP contribution in [0.2, 0.25) is 0 Å². The summed E-state index contributed by atoms with van der Waals surface area (Å²) in [6.45, 7) is 1.33. The van der Waals surface area contributed by atoms with Crippen molar-refractivity contribution in [1.29, 1.82) is 0 Å². The van der Waals surface area contributed by atoms with Crippen molar-refractivity contribution in [3.63, 3.8) is 0 Å². The molecular formula is C13H19N5O2S. The first-order chi connectivity index (χ1) is 10.1. The summed E-state index contributed by atoms with van der Waals surface area (Å²) in [5, 5.41) is 7.50. The first-order valence-corrected chi connectivity index (χ1v) is 8.34. The fraction of sp³-hybridized carbons (Fsp3) is 0.385. The standard InChI is InChI=1S/C13H19N5O2S/c14-10-12-4-1-2-5-13(12)11-21(19,20)16-6-3-8-18-9-7-15-17-18/h1-2,4-5,7,9,16H,3,6,8,10-11,14H2. The van der Waals surface area contributed by atoms with E-state index in [0.717, 1.165) is 11.1 Å². The average molecular weight is 309 g/mol. The summed E-state index contributed by atoms with van der Waals surface area (Å²) in [7, 11) is -3.36. The van der Waals surface area contributed by atoms with Gasteiger partial charge >= 0.3 is 0 Å². The van der Waals surface area contributed by atoms with Crippen LogP contribution in [-0.2, 0) is 28.9 Å². The third-order valence-electron chi connectivity index (χ3n) is 3.04. The number of nitrogens with zero attached hydrogens (tertiary/aromatic N) is 3. The zero-order valence-electron chi connectivity index (χ0n) is 11.6. The lowest BCUT2D eigenvalue weighted by Gasteiger charge is -2.09. The second kappa shape index (κ2) is 7.30. The molecule has 0 aliphatic heterocycles. The van der Waals surface area contributed by atoms with Gasteiger partial charge in [0, 0.05) is 25.8 Å². The minimum absolute atomic E-state index is 0.0519. The molecule has 0 spiro atoms. The Hall–Kier alpha value is -1.77. The Bertz CT molecular complexity index is 655. The lowest BCUT2D eigenvalue weighted by Crippen LogP contribution is -2.27. The molecule has 0 radical (unpaired) electrons. The van der Waals surface area contributed by atoms with Crippen LogP contribution in [0.5, 0.6) is 0 Å². The second-order valence-electron chi connectivity index (χ2n) is 4.65. The van der Waals surface area contributed by atoms with Gasteiger partial charge in [0.2, 0.25) is 10.0 Å². The van der Waals surface area contributed by atoms with Crippen molar-refractivity contribution in [2.75, 3.05) is 6.54 Å². The van der Waals surface area contributed by atoms with E-state index in [0.29, 0.717) is 26.1 Å². The minimum Gasteiger partial charge on any atom is -0.326 e. The van der Waals surface area contributed by atoms with Gasteiger partial charge in [-0.2, -0.15) is 0 Å². The molecule has 0 bridgehead atoms. The number of sulfonamides is 1. The van der Waals surface area contributed by atoms with Crippen LogP contribution in [0, 0.1) is 0 Å². The van der Waals surface area contributed by atoms with E-state index < -0.39 is 10.0 Å². The van der Waals surface area contributed by atoms with Gasteiger partial charge in [-0.3, -0.25) is 4.68 Å². The van der Waals surface area contributed by atoms with Crippen LogP contribution in [0.4, 0.5) is 0 Å². The number of hydrogen-bond acceptors (Lipinski definition) is 5. The predicted molar refractivity (Wildman–Crippen MR) is 79.6 cm³/mol. The normalized spacial score (nSPS) is 11.7. The zero-order valence-corrected chi connectivity index (χ0v) is 12.5. The van der Waals surface area contributed by atoms with E-state index >= 15 is 0 Å². The van der Waals surface area contributed by atoms with E-state index in [1.54, 1.807) is 23.1 Å². The average Bonchev–Trinajstić information content (AvgIpc) is 2.97. The lowest BCUT2D eigenvalue weighted by molar-refractivity contribution is 0.542. The Morgan fingerprint density at radius 1 is 1.24 bits per heavy atom. The summed E-state index contributed by atoms with van der Waals surface area (Å²) in [6.07, 6.45) is 3.99. The molecule has 0 aliphatic rings. The molecule has 1 aromatic heterocycles. The van der Waals surface area contributed by atoms with E-state index in [1.165, 1.54) is 0 Å². The number of aromatic nitrogens is 3. The Balaban J connectivity index is 1.84. The Kier molecular flexibility index (Phi) is 5.43. The molecule has 7 nitrogen and oxygen atoms in total. The number of rotatable bonds is 8. The van der Waals surface area contributed by atoms with Crippen LogP contribution in [0.1, 0.15) is 17.5 Å². The van der Waals surface area contributed by atoms with Crippen molar-refractivity contribution < 1.29 is 8.42 Å². The Labute approximate surface area is 124 Å². The summed E-state index contributed by atoms with van der Waals surface area (Å²) in [4.78, 5) is 0. The molecule has 0 unspecified atom stereocenters. The molecule has 0 saturated carbocycles. The fourth-order valence-corrected chi connectivity index (χ4v) is 3.22. The van der Waals surface area contributed by atoms with Crippen molar-refractivity contribution in [1.82, 2.24) is 19.7 Å². The van der Waals surface area contributed by atoms with Crippen molar-refractivity contribution in [2.24, 2.45) is 5.73 Å². The van der Waals surface area contributed by atoms with E-state index in [9.17, 15) is 8.42 Å². The highest BCUT2D eigenvalue weighted by molar-refractivity contribution is 7.88. The molecule has 1 aromatic carbocycles. The molecule has 3 N–H and O–H groups in total. The first-order valence-electron chi connectivity index (χ1n) is 6.69. The van der Waals surface area contributed by atoms with Gasteiger partial charge in [-0.1, -0.05) is 29.5 Å². The highest BCUT2D eigenvalue weighted by atomic mass is 32.2. The number of nitrogens with one attached hydrogen (secondary N) is 1. The Morgan fingerprint density at radius 2 is 2.00 bits per heavy atom. The molecule has 21 heavy (non-hydrogen) atoms. The molecule has 0 fully saturated rings. The first kappa shape index (κ1) is 15.6. The summed E-state index contributed by atoms with van der Waals surface area (Å²) < 4.78 is 28.3. The molecule has 0 atom stereocenters. The molecule has 2 rings (SSSR count). The second-order valence-corrected chi connectivity index (χ2v) is 6.45. The van der Waals surface area contributed by atoms with Gasteiger partial charge in [0.1, 0.15) is 0 Å². The summed E-state index contributed by atoms with van der Waals surface area (Å²) in [5.74, 6) is -0.0519. The molecule has 0 aliphatic carbocycles. The maximum Gasteiger partial charge on any atom is 0.215 e. The van der Waals surface area contributed by atoms with Crippen molar-refractivity contribution in [3.05, 3.63) is 47.8 Å². The topological polar surface area (TPSA) is 103 Å². The van der Waals surface area contributed by atoms with Crippen molar-refractivity contribution in [2.45, 2.75) is 25.3 Å². The highest BCUT2D eigenvalue weighted by Gasteiger charge is 2.13. The van der Waals surface area contributed by atoms with Crippen molar-refractivity contribution in [3.8, 4) is 0 Å². The largest absolute Gasteiger partial charge is 0.326 e.